The van der Waals surface area contributed by atoms with Crippen molar-refractivity contribution in [2.75, 3.05) is 13.2 Å². The summed E-state index contributed by atoms with van der Waals surface area (Å²) in [5.41, 5.74) is 0.587. The molecule has 0 spiro atoms. The molecule has 8 aromatic carbocycles. The van der Waals surface area contributed by atoms with Crippen LogP contribution >= 0.6 is 0 Å². The molecule has 8 aromatic rings. The van der Waals surface area contributed by atoms with Crippen LogP contribution in [-0.4, -0.2) is 145 Å². The highest BCUT2D eigenvalue weighted by atomic mass is 28.6. The van der Waals surface area contributed by atoms with E-state index in [-0.39, 0.29) is 5.56 Å². The summed E-state index contributed by atoms with van der Waals surface area (Å²) in [5, 5.41) is 101. The molecule has 12 nitrogen and oxygen atoms in total. The number of hydrogen-bond donors (Lipinski definition) is 8. The van der Waals surface area contributed by atoms with E-state index in [0.717, 1.165) is 36.3 Å². The van der Waals surface area contributed by atoms with Gasteiger partial charge < -0.3 is 58.1 Å². The minimum absolute atomic E-state index is 0.265. The van der Waals surface area contributed by atoms with Crippen molar-refractivity contribution >= 4 is 76.2 Å². The minimum Gasteiger partial charge on any atom is -0.394 e. The van der Waals surface area contributed by atoms with Crippen molar-refractivity contribution in [2.24, 2.45) is 0 Å². The van der Waals surface area contributed by atoms with Crippen LogP contribution in [0.15, 0.2) is 231 Å². The Morgan fingerprint density at radius 2 is 0.658 bits per heavy atom. The molecular formula is C60H60N2O10Si4. The Bertz CT molecular complexity index is 2950. The average Bonchev–Trinajstić information content (AvgIpc) is 2.11. The third kappa shape index (κ3) is 8.68. The first-order valence-electron chi connectivity index (χ1n) is 25.6. The Kier molecular flexibility index (Phi) is 15.3. The maximum absolute atomic E-state index is 12.7. The van der Waals surface area contributed by atoms with E-state index in [2.05, 4.69) is 184 Å². The van der Waals surface area contributed by atoms with Gasteiger partial charge in [-0.05, 0) is 52.6 Å². The van der Waals surface area contributed by atoms with Crippen molar-refractivity contribution in [3.05, 3.63) is 242 Å². The van der Waals surface area contributed by atoms with Crippen LogP contribution in [0.4, 0.5) is 0 Å². The lowest BCUT2D eigenvalue weighted by atomic mass is 9.84. The number of hydrogen-bond acceptors (Lipinski definition) is 12. The quantitative estimate of drug-likeness (QED) is 0.0671. The van der Waals surface area contributed by atoms with Crippen LogP contribution in [0.1, 0.15) is 23.3 Å². The first-order valence-corrected chi connectivity index (χ1v) is 32.3. The minimum atomic E-state index is -4.19. The van der Waals surface area contributed by atoms with E-state index < -0.39 is 109 Å². The number of rotatable bonds is 14. The van der Waals surface area contributed by atoms with Gasteiger partial charge in [-0.25, -0.2) is 0 Å². The average molecular weight is 1080 g/mol. The molecule has 16 heteroatoms. The molecule has 3 aliphatic heterocycles. The summed E-state index contributed by atoms with van der Waals surface area (Å²) in [4.78, 5) is 0. The molecule has 0 aromatic heterocycles. The molecule has 0 aliphatic carbocycles. The molecule has 76 heavy (non-hydrogen) atoms. The molecular weight excluding hydrogens is 1020 g/mol. The Morgan fingerprint density at radius 3 is 1.01 bits per heavy atom. The summed E-state index contributed by atoms with van der Waals surface area (Å²) in [6.07, 6.45) is -16.1. The first kappa shape index (κ1) is 52.2. The number of nitrogens with zero attached hydrogens (tertiary/aromatic N) is 2. The van der Waals surface area contributed by atoms with E-state index in [1.807, 2.05) is 48.5 Å². The van der Waals surface area contributed by atoms with Crippen molar-refractivity contribution in [2.45, 2.75) is 61.0 Å². The summed E-state index contributed by atoms with van der Waals surface area (Å²) in [5.74, 6) is 0. The summed E-state index contributed by atoms with van der Waals surface area (Å²) in [6, 6.07) is 80.3. The first-order chi connectivity index (χ1) is 37.2. The lowest BCUT2D eigenvalue weighted by Gasteiger charge is -2.75. The highest BCUT2D eigenvalue weighted by Gasteiger charge is 2.78. The zero-order valence-corrected chi connectivity index (χ0v) is 45.4. The molecule has 10 atom stereocenters. The van der Waals surface area contributed by atoms with Gasteiger partial charge in [-0.1, -0.05) is 231 Å². The third-order valence-corrected chi connectivity index (χ3v) is 37.4. The van der Waals surface area contributed by atoms with E-state index in [1.165, 1.54) is 0 Å². The van der Waals surface area contributed by atoms with Crippen LogP contribution in [-0.2, 0) is 9.47 Å². The Balaban J connectivity index is 1.39. The van der Waals surface area contributed by atoms with E-state index in [0.29, 0.717) is 10.8 Å². The lowest BCUT2D eigenvalue weighted by molar-refractivity contribution is -0.238. The zero-order chi connectivity index (χ0) is 52.6. The second-order valence-corrected chi connectivity index (χ2v) is 33.6. The van der Waals surface area contributed by atoms with Crippen molar-refractivity contribution in [3.8, 4) is 0 Å². The highest BCUT2D eigenvalue weighted by molar-refractivity contribution is 7.35. The maximum Gasteiger partial charge on any atom is 0.250 e. The van der Waals surface area contributed by atoms with Crippen LogP contribution in [0.25, 0.3) is 0 Å². The van der Waals surface area contributed by atoms with Gasteiger partial charge in [-0.2, -0.15) is 0 Å². The summed E-state index contributed by atoms with van der Waals surface area (Å²) in [7, 11) is -12.4. The molecule has 8 N–H and O–H groups in total. The van der Waals surface area contributed by atoms with Crippen LogP contribution in [0.3, 0.4) is 0 Å². The second kappa shape index (κ2) is 22.2. The molecule has 0 amide bonds. The van der Waals surface area contributed by atoms with E-state index in [1.54, 1.807) is 6.07 Å². The van der Waals surface area contributed by atoms with Crippen molar-refractivity contribution in [3.63, 3.8) is 0 Å². The number of benzene rings is 8. The van der Waals surface area contributed by atoms with Gasteiger partial charge in [-0.15, -0.1) is 0 Å². The monoisotopic (exact) mass is 1080 g/mol. The summed E-state index contributed by atoms with van der Waals surface area (Å²) in [6.45, 7) is -1.40. The van der Waals surface area contributed by atoms with Crippen LogP contribution < -0.4 is 41.5 Å². The van der Waals surface area contributed by atoms with Gasteiger partial charge in [0.25, 0.3) is 0 Å². The van der Waals surface area contributed by atoms with Gasteiger partial charge in [-0.3, -0.25) is 0 Å². The van der Waals surface area contributed by atoms with E-state index in [4.69, 9.17) is 9.47 Å². The Morgan fingerprint density at radius 1 is 0.342 bits per heavy atom. The van der Waals surface area contributed by atoms with Crippen LogP contribution in [0, 0.1) is 0 Å². The topological polar surface area (TPSA) is 187 Å². The van der Waals surface area contributed by atoms with Gasteiger partial charge in [0.05, 0.1) is 13.2 Å². The normalized spacial score (nSPS) is 26.5. The molecule has 3 saturated heterocycles. The Hall–Kier alpha value is -5.85. The predicted molar refractivity (Wildman–Crippen MR) is 301 cm³/mol. The molecule has 3 heterocycles. The molecule has 3 aliphatic rings. The molecule has 11 rings (SSSR count). The van der Waals surface area contributed by atoms with Crippen molar-refractivity contribution in [1.82, 2.24) is 7.79 Å². The molecule has 2 radical (unpaired) electrons. The van der Waals surface area contributed by atoms with Gasteiger partial charge >= 0.3 is 0 Å². The van der Waals surface area contributed by atoms with Crippen molar-refractivity contribution < 1.29 is 50.3 Å². The smallest absolute Gasteiger partial charge is 0.250 e. The second-order valence-electron chi connectivity index (χ2n) is 19.6. The SMILES string of the molecule is OC[C@H]1O[C@@H](c2cccc([Si]3(c4ccccc4)N([Si](c4ccccc4)c4ccccc4)[Si](c4ccccc4)(c4ccccc4)N3[Si](c3ccccc3)c3ccccc3)c2[C@@H]2O[C@H](CO)[C@@H](O)[C@H](O)[C@H]2O)[C@H](O)[C@@H](O)[C@@H]1O. The molecule has 0 saturated carbocycles. The van der Waals surface area contributed by atoms with Gasteiger partial charge in [0.1, 0.15) is 61.0 Å². The summed E-state index contributed by atoms with van der Waals surface area (Å²) >= 11 is 0. The Labute approximate surface area is 447 Å². The largest absolute Gasteiger partial charge is 0.394 e. The number of aliphatic hydroxyl groups is 8. The molecule has 0 unspecified atom stereocenters. The maximum atomic E-state index is 12.7. The fourth-order valence-corrected chi connectivity index (χ4v) is 43.4. The summed E-state index contributed by atoms with van der Waals surface area (Å²) < 4.78 is 19.1. The fourth-order valence-electron chi connectivity index (χ4n) is 12.0. The zero-order valence-electron chi connectivity index (χ0n) is 41.4. The van der Waals surface area contributed by atoms with E-state index >= 15 is 0 Å². The van der Waals surface area contributed by atoms with Gasteiger partial charge in [0.15, 0.2) is 17.9 Å². The molecule has 3 fully saturated rings. The number of ether oxygens (including phenoxy) is 2. The van der Waals surface area contributed by atoms with Crippen LogP contribution in [0.2, 0.25) is 0 Å². The van der Waals surface area contributed by atoms with E-state index in [9.17, 15) is 40.9 Å². The van der Waals surface area contributed by atoms with Crippen molar-refractivity contribution in [1.29, 1.82) is 0 Å². The third-order valence-electron chi connectivity index (χ3n) is 15.4. The molecule has 386 valence electrons. The molecule has 0 bridgehead atoms. The lowest BCUT2D eigenvalue weighted by Crippen LogP contribution is -3.11. The number of aliphatic hydroxyl groups excluding tert-OH is 8. The highest BCUT2D eigenvalue weighted by Crippen LogP contribution is 2.46. The standard InChI is InChI=1S/C60H60N2O10Si4/c63-39-49-53(65)55(67)57(69)59(71-49)48-37-22-38-51(52(48)60-58(70)56(68)54(66)50(40-64)72-60)76(47-35-20-7-21-36-47)61(73(41-23-8-1-9-24-41)42-25-10-2-11-26-42)75(45-31-16-5-17-32-45,46-33-18-6-19-34-46)62(76)74(43-27-12-3-13-28-43)44-29-14-4-15-30-44/h1-38,49-50,53-60,63-70H,39-40H2/t49-,50-,53-,54-,55+,56+,57-,58-,59+,60+/m1/s1. The predicted octanol–water partition coefficient (Wildman–Crippen LogP) is -0.241. The van der Waals surface area contributed by atoms with Gasteiger partial charge in [0, 0.05) is 0 Å². The van der Waals surface area contributed by atoms with Crippen LogP contribution in [0.5, 0.6) is 0 Å². The fraction of sp³-hybridized carbons (Fsp3) is 0.200. The van der Waals surface area contributed by atoms with Gasteiger partial charge in [0.2, 0.25) is 16.8 Å².